The molecule has 3 aromatic rings. The predicted octanol–water partition coefficient (Wildman–Crippen LogP) is 3.29. The number of amides is 1. The van der Waals surface area contributed by atoms with Gasteiger partial charge in [0.05, 0.1) is 11.0 Å². The SMILES string of the molecule is CC(O)N[C@H]1CC[C@@H](C(=O)N(C)c2ccc(-c3nc4ccccc4[nH]3)cc2)C1. The second-order valence-corrected chi connectivity index (χ2v) is 7.60. The van der Waals surface area contributed by atoms with E-state index in [2.05, 4.69) is 15.3 Å². The summed E-state index contributed by atoms with van der Waals surface area (Å²) < 4.78 is 0. The molecule has 3 N–H and O–H groups in total. The monoisotopic (exact) mass is 378 g/mol. The van der Waals surface area contributed by atoms with Crippen LogP contribution in [0, 0.1) is 5.92 Å². The Balaban J connectivity index is 1.45. The van der Waals surface area contributed by atoms with Crippen molar-refractivity contribution in [2.75, 3.05) is 11.9 Å². The van der Waals surface area contributed by atoms with Gasteiger partial charge in [0.25, 0.3) is 0 Å². The molecule has 0 aliphatic heterocycles. The zero-order chi connectivity index (χ0) is 19.7. The van der Waals surface area contributed by atoms with Crippen molar-refractivity contribution < 1.29 is 9.90 Å². The molecule has 0 spiro atoms. The Morgan fingerprint density at radius 3 is 2.68 bits per heavy atom. The Morgan fingerprint density at radius 1 is 1.21 bits per heavy atom. The number of H-pyrrole nitrogens is 1. The van der Waals surface area contributed by atoms with Crippen LogP contribution in [0.4, 0.5) is 5.69 Å². The van der Waals surface area contributed by atoms with Crippen LogP contribution in [0.2, 0.25) is 0 Å². The van der Waals surface area contributed by atoms with E-state index in [1.807, 2.05) is 55.6 Å². The van der Waals surface area contributed by atoms with E-state index < -0.39 is 6.23 Å². The number of carbonyl (C=O) groups excluding carboxylic acids is 1. The number of aliphatic hydroxyl groups excluding tert-OH is 1. The molecule has 1 aliphatic carbocycles. The number of hydrogen-bond donors (Lipinski definition) is 3. The molecule has 1 unspecified atom stereocenters. The molecular formula is C22H26N4O2. The van der Waals surface area contributed by atoms with E-state index in [1.165, 1.54) is 0 Å². The summed E-state index contributed by atoms with van der Waals surface area (Å²) in [7, 11) is 1.83. The maximum atomic E-state index is 12.9. The smallest absolute Gasteiger partial charge is 0.229 e. The fraction of sp³-hybridized carbons (Fsp3) is 0.364. The zero-order valence-electron chi connectivity index (χ0n) is 16.2. The minimum atomic E-state index is -0.539. The van der Waals surface area contributed by atoms with E-state index in [1.54, 1.807) is 11.8 Å². The van der Waals surface area contributed by atoms with Crippen molar-refractivity contribution in [2.24, 2.45) is 5.92 Å². The molecule has 6 heteroatoms. The Morgan fingerprint density at radius 2 is 1.96 bits per heavy atom. The molecule has 2 aromatic carbocycles. The van der Waals surface area contributed by atoms with Gasteiger partial charge in [-0.2, -0.15) is 0 Å². The standard InChI is InChI=1S/C22H26N4O2/c1-14(27)23-17-10-7-16(13-17)22(28)26(2)18-11-8-15(9-12-18)21-24-19-5-3-4-6-20(19)25-21/h3-6,8-9,11-12,14,16-17,23,27H,7,10,13H2,1-2H3,(H,24,25)/t14?,16-,17+/m1/s1. The van der Waals surface area contributed by atoms with Gasteiger partial charge in [-0.3, -0.25) is 10.1 Å². The summed E-state index contributed by atoms with van der Waals surface area (Å²) in [6.07, 6.45) is 2.00. The van der Waals surface area contributed by atoms with E-state index in [4.69, 9.17) is 0 Å². The Hall–Kier alpha value is -2.70. The van der Waals surface area contributed by atoms with E-state index >= 15 is 0 Å². The molecular weight excluding hydrogens is 352 g/mol. The average Bonchev–Trinajstić information content (AvgIpc) is 3.33. The van der Waals surface area contributed by atoms with Crippen molar-refractivity contribution in [1.29, 1.82) is 0 Å². The Kier molecular flexibility index (Phi) is 5.15. The Bertz CT molecular complexity index is 931. The zero-order valence-corrected chi connectivity index (χ0v) is 16.2. The number of aliphatic hydroxyl groups is 1. The number of hydrogen-bond acceptors (Lipinski definition) is 4. The van der Waals surface area contributed by atoms with Gasteiger partial charge in [0.1, 0.15) is 12.1 Å². The highest BCUT2D eigenvalue weighted by Gasteiger charge is 2.32. The summed E-state index contributed by atoms with van der Waals surface area (Å²) in [5.41, 5.74) is 3.81. The number of imidazole rings is 1. The van der Waals surface area contributed by atoms with Gasteiger partial charge in [0, 0.05) is 30.3 Å². The van der Waals surface area contributed by atoms with Crippen LogP contribution in [0.15, 0.2) is 48.5 Å². The molecule has 1 saturated carbocycles. The van der Waals surface area contributed by atoms with Gasteiger partial charge >= 0.3 is 0 Å². The maximum absolute atomic E-state index is 12.9. The lowest BCUT2D eigenvalue weighted by atomic mass is 10.1. The molecule has 146 valence electrons. The number of nitrogens with one attached hydrogen (secondary N) is 2. The highest BCUT2D eigenvalue weighted by Crippen LogP contribution is 2.30. The first kappa shape index (κ1) is 18.7. The number of fused-ring (bicyclic) bond motifs is 1. The lowest BCUT2D eigenvalue weighted by Crippen LogP contribution is -2.36. The summed E-state index contributed by atoms with van der Waals surface area (Å²) in [6.45, 7) is 1.71. The summed E-state index contributed by atoms with van der Waals surface area (Å²) >= 11 is 0. The number of benzene rings is 2. The first-order valence-corrected chi connectivity index (χ1v) is 9.78. The minimum Gasteiger partial charge on any atom is -0.379 e. The molecule has 1 aliphatic rings. The molecule has 6 nitrogen and oxygen atoms in total. The average molecular weight is 378 g/mol. The summed E-state index contributed by atoms with van der Waals surface area (Å²) in [5, 5.41) is 12.6. The van der Waals surface area contributed by atoms with Gasteiger partial charge in [-0.25, -0.2) is 4.98 Å². The van der Waals surface area contributed by atoms with Gasteiger partial charge in [0.15, 0.2) is 0 Å². The van der Waals surface area contributed by atoms with Crippen LogP contribution in [0.3, 0.4) is 0 Å². The van der Waals surface area contributed by atoms with Crippen LogP contribution in [0.25, 0.3) is 22.4 Å². The van der Waals surface area contributed by atoms with E-state index in [-0.39, 0.29) is 17.9 Å². The van der Waals surface area contributed by atoms with Crippen LogP contribution >= 0.6 is 0 Å². The van der Waals surface area contributed by atoms with Crippen LogP contribution in [0.5, 0.6) is 0 Å². The number of aromatic nitrogens is 2. The molecule has 4 rings (SSSR count). The first-order valence-electron chi connectivity index (χ1n) is 9.78. The van der Waals surface area contributed by atoms with Gasteiger partial charge in [-0.1, -0.05) is 12.1 Å². The second-order valence-electron chi connectivity index (χ2n) is 7.60. The van der Waals surface area contributed by atoms with Crippen LogP contribution < -0.4 is 10.2 Å². The van der Waals surface area contributed by atoms with Crippen molar-refractivity contribution >= 4 is 22.6 Å². The molecule has 0 bridgehead atoms. The molecule has 28 heavy (non-hydrogen) atoms. The lowest BCUT2D eigenvalue weighted by Gasteiger charge is -2.22. The van der Waals surface area contributed by atoms with Crippen LogP contribution in [-0.2, 0) is 4.79 Å². The predicted molar refractivity (Wildman–Crippen MR) is 111 cm³/mol. The van der Waals surface area contributed by atoms with Crippen molar-refractivity contribution in [1.82, 2.24) is 15.3 Å². The topological polar surface area (TPSA) is 81.2 Å². The molecule has 3 atom stereocenters. The fourth-order valence-electron chi connectivity index (χ4n) is 4.03. The molecule has 1 fully saturated rings. The second kappa shape index (κ2) is 7.73. The number of para-hydroxylation sites is 2. The maximum Gasteiger partial charge on any atom is 0.229 e. The number of aromatic amines is 1. The quantitative estimate of drug-likeness (QED) is 0.595. The van der Waals surface area contributed by atoms with Crippen molar-refractivity contribution in [3.8, 4) is 11.4 Å². The molecule has 0 radical (unpaired) electrons. The van der Waals surface area contributed by atoms with Gasteiger partial charge < -0.3 is 15.0 Å². The van der Waals surface area contributed by atoms with E-state index in [0.717, 1.165) is 47.4 Å². The van der Waals surface area contributed by atoms with E-state index in [0.29, 0.717) is 0 Å². The summed E-state index contributed by atoms with van der Waals surface area (Å²) in [5.74, 6) is 0.951. The fourth-order valence-corrected chi connectivity index (χ4v) is 4.03. The highest BCUT2D eigenvalue weighted by molar-refractivity contribution is 5.95. The lowest BCUT2D eigenvalue weighted by molar-refractivity contribution is -0.122. The summed E-state index contributed by atoms with van der Waals surface area (Å²) in [4.78, 5) is 22.6. The Labute approximate surface area is 164 Å². The first-order chi connectivity index (χ1) is 13.5. The highest BCUT2D eigenvalue weighted by atomic mass is 16.3. The molecule has 0 saturated heterocycles. The minimum absolute atomic E-state index is 0.00343. The number of rotatable bonds is 5. The largest absolute Gasteiger partial charge is 0.379 e. The third kappa shape index (κ3) is 3.79. The number of anilines is 1. The normalized spacial score (nSPS) is 20.4. The number of nitrogens with zero attached hydrogens (tertiary/aromatic N) is 2. The van der Waals surface area contributed by atoms with Gasteiger partial charge in [-0.05, 0) is 62.6 Å². The third-order valence-electron chi connectivity index (χ3n) is 5.51. The molecule has 1 heterocycles. The van der Waals surface area contributed by atoms with E-state index in [9.17, 15) is 9.90 Å². The number of carbonyl (C=O) groups is 1. The molecule has 1 aromatic heterocycles. The van der Waals surface area contributed by atoms with Crippen molar-refractivity contribution in [2.45, 2.75) is 38.5 Å². The van der Waals surface area contributed by atoms with Crippen LogP contribution in [-0.4, -0.2) is 40.3 Å². The third-order valence-corrected chi connectivity index (χ3v) is 5.51. The van der Waals surface area contributed by atoms with Crippen molar-refractivity contribution in [3.05, 3.63) is 48.5 Å². The summed E-state index contributed by atoms with van der Waals surface area (Å²) in [6, 6.07) is 16.1. The molecule has 1 amide bonds. The van der Waals surface area contributed by atoms with Gasteiger partial charge in [0.2, 0.25) is 5.91 Å². The van der Waals surface area contributed by atoms with Gasteiger partial charge in [-0.15, -0.1) is 0 Å². The van der Waals surface area contributed by atoms with Crippen LogP contribution in [0.1, 0.15) is 26.2 Å². The van der Waals surface area contributed by atoms with Crippen molar-refractivity contribution in [3.63, 3.8) is 0 Å².